The lowest BCUT2D eigenvalue weighted by Crippen LogP contribution is -2.22. The fourth-order valence-corrected chi connectivity index (χ4v) is 4.70. The van der Waals surface area contributed by atoms with Crippen molar-refractivity contribution in [2.75, 3.05) is 0 Å². The Morgan fingerprint density at radius 2 is 1.14 bits per heavy atom. The maximum Gasteiger partial charge on any atom is 0.176 e. The minimum atomic E-state index is -0.794. The molecule has 22 heavy (non-hydrogen) atoms. The molecule has 0 radical (unpaired) electrons. The molecule has 0 aliphatic rings. The van der Waals surface area contributed by atoms with Crippen LogP contribution in [0, 0.1) is 0 Å². The van der Waals surface area contributed by atoms with E-state index in [1.807, 2.05) is 54.6 Å². The van der Waals surface area contributed by atoms with E-state index in [1.54, 1.807) is 6.07 Å². The summed E-state index contributed by atoms with van der Waals surface area (Å²) >= 11 is 0. The summed E-state index contributed by atoms with van der Waals surface area (Å²) in [5, 5.41) is 16.0. The molecule has 0 bridgehead atoms. The van der Waals surface area contributed by atoms with Crippen LogP contribution in [0.3, 0.4) is 0 Å². The molecule has 0 amide bonds. The molecule has 0 heterocycles. The van der Waals surface area contributed by atoms with Crippen molar-refractivity contribution >= 4 is 23.8 Å². The van der Waals surface area contributed by atoms with Gasteiger partial charge in [-0.05, 0) is 35.7 Å². The van der Waals surface area contributed by atoms with Crippen LogP contribution < -0.4 is 20.8 Å². The van der Waals surface area contributed by atoms with E-state index < -0.39 is 7.92 Å². The zero-order valence-electron chi connectivity index (χ0n) is 11.8. The van der Waals surface area contributed by atoms with Gasteiger partial charge in [0, 0.05) is 5.30 Å². The Kier molecular flexibility index (Phi) is 4.81. The second-order valence-corrected chi connectivity index (χ2v) is 6.82. The molecule has 1 N–H and O–H groups in total. The van der Waals surface area contributed by atoms with Gasteiger partial charge in [0.15, 0.2) is 5.75 Å². The van der Waals surface area contributed by atoms with E-state index in [1.165, 1.54) is 10.6 Å². The molecule has 0 unspecified atom stereocenters. The third kappa shape index (κ3) is 3.18. The molecule has 3 aromatic rings. The van der Waals surface area contributed by atoms with Crippen LogP contribution >= 0.6 is 7.92 Å². The van der Waals surface area contributed by atoms with Crippen molar-refractivity contribution in [1.82, 2.24) is 0 Å². The molecule has 0 saturated carbocycles. The van der Waals surface area contributed by atoms with Gasteiger partial charge < -0.3 is 4.89 Å². The van der Waals surface area contributed by atoms with Gasteiger partial charge in [0.25, 0.3) is 0 Å². The van der Waals surface area contributed by atoms with Crippen LogP contribution in [0.5, 0.6) is 5.75 Å². The van der Waals surface area contributed by atoms with Gasteiger partial charge in [-0.15, -0.1) is 0 Å². The highest BCUT2D eigenvalue weighted by atomic mass is 31.1. The van der Waals surface area contributed by atoms with Gasteiger partial charge in [-0.2, -0.15) is 0 Å². The fraction of sp³-hybridized carbons (Fsp3) is 0. The first kappa shape index (κ1) is 14.7. The zero-order valence-corrected chi connectivity index (χ0v) is 12.7. The van der Waals surface area contributed by atoms with E-state index >= 15 is 0 Å². The van der Waals surface area contributed by atoms with Gasteiger partial charge in [-0.3, -0.25) is 0 Å². The Labute approximate surface area is 130 Å². The van der Waals surface area contributed by atoms with E-state index in [2.05, 4.69) is 29.3 Å². The van der Waals surface area contributed by atoms with Gasteiger partial charge >= 0.3 is 0 Å². The molecule has 4 heteroatoms. The van der Waals surface area contributed by atoms with Crippen molar-refractivity contribution in [2.24, 2.45) is 0 Å². The molecule has 0 saturated heterocycles. The first-order valence-electron chi connectivity index (χ1n) is 6.87. The SMILES string of the molecule is OOOc1ccccc1P(c1ccccc1)c1ccccc1. The summed E-state index contributed by atoms with van der Waals surface area (Å²) in [6.45, 7) is 0. The lowest BCUT2D eigenvalue weighted by atomic mass is 10.3. The summed E-state index contributed by atoms with van der Waals surface area (Å²) < 4.78 is 0. The lowest BCUT2D eigenvalue weighted by molar-refractivity contribution is -0.438. The monoisotopic (exact) mass is 310 g/mol. The summed E-state index contributed by atoms with van der Waals surface area (Å²) in [6.07, 6.45) is 0. The van der Waals surface area contributed by atoms with Crippen LogP contribution in [0.2, 0.25) is 0 Å². The van der Waals surface area contributed by atoms with Crippen LogP contribution in [0.15, 0.2) is 84.9 Å². The Morgan fingerprint density at radius 1 is 0.636 bits per heavy atom. The molecule has 3 nitrogen and oxygen atoms in total. The number of hydrogen-bond acceptors (Lipinski definition) is 3. The topological polar surface area (TPSA) is 38.7 Å². The van der Waals surface area contributed by atoms with Crippen molar-refractivity contribution in [2.45, 2.75) is 0 Å². The molecule has 0 fully saturated rings. The van der Waals surface area contributed by atoms with Crippen molar-refractivity contribution in [3.8, 4) is 5.75 Å². The summed E-state index contributed by atoms with van der Waals surface area (Å²) in [6, 6.07) is 28.1. The number of hydrogen-bond donors (Lipinski definition) is 1. The van der Waals surface area contributed by atoms with E-state index in [9.17, 15) is 0 Å². The van der Waals surface area contributed by atoms with E-state index in [0.717, 1.165) is 5.30 Å². The van der Waals surface area contributed by atoms with E-state index in [-0.39, 0.29) is 0 Å². The molecule has 3 aromatic carbocycles. The van der Waals surface area contributed by atoms with Crippen molar-refractivity contribution in [1.29, 1.82) is 0 Å². The van der Waals surface area contributed by atoms with Crippen LogP contribution in [-0.2, 0) is 5.04 Å². The van der Waals surface area contributed by atoms with E-state index in [4.69, 9.17) is 10.1 Å². The quantitative estimate of drug-likeness (QED) is 0.447. The molecule has 0 aromatic heterocycles. The average molecular weight is 310 g/mol. The molecule has 0 aliphatic carbocycles. The summed E-state index contributed by atoms with van der Waals surface area (Å²) in [5.41, 5.74) is 0. The van der Waals surface area contributed by atoms with Gasteiger partial charge in [0.1, 0.15) is 0 Å². The molecular formula is C18H15O3P. The second kappa shape index (κ2) is 7.19. The smallest absolute Gasteiger partial charge is 0.176 e. The van der Waals surface area contributed by atoms with Gasteiger partial charge in [-0.1, -0.05) is 72.8 Å². The van der Waals surface area contributed by atoms with Crippen LogP contribution in [0.1, 0.15) is 0 Å². The number of rotatable bonds is 5. The highest BCUT2D eigenvalue weighted by Crippen LogP contribution is 2.36. The fourth-order valence-electron chi connectivity index (χ4n) is 2.33. The average Bonchev–Trinajstić information content (AvgIpc) is 2.59. The predicted molar refractivity (Wildman–Crippen MR) is 89.5 cm³/mol. The minimum absolute atomic E-state index is 0.517. The van der Waals surface area contributed by atoms with Crippen LogP contribution in [0.25, 0.3) is 0 Å². The number of benzene rings is 3. The zero-order chi connectivity index (χ0) is 15.2. The molecule has 0 spiro atoms. The normalized spacial score (nSPS) is 10.6. The Bertz CT molecular complexity index is 677. The third-order valence-corrected chi connectivity index (χ3v) is 5.74. The summed E-state index contributed by atoms with van der Waals surface area (Å²) in [4.78, 5) is 4.93. The first-order valence-corrected chi connectivity index (χ1v) is 8.21. The van der Waals surface area contributed by atoms with Crippen LogP contribution in [0.4, 0.5) is 0 Å². The molecule has 3 rings (SSSR count). The third-order valence-electron chi connectivity index (χ3n) is 3.26. The van der Waals surface area contributed by atoms with Crippen molar-refractivity contribution in [3.63, 3.8) is 0 Å². The highest BCUT2D eigenvalue weighted by Gasteiger charge is 2.20. The van der Waals surface area contributed by atoms with E-state index in [0.29, 0.717) is 5.75 Å². The second-order valence-electron chi connectivity index (χ2n) is 4.63. The maximum atomic E-state index is 8.65. The highest BCUT2D eigenvalue weighted by molar-refractivity contribution is 7.80. The largest absolute Gasteiger partial charge is 0.308 e. The predicted octanol–water partition coefficient (Wildman–Crippen LogP) is 3.23. The van der Waals surface area contributed by atoms with Gasteiger partial charge in [-0.25, -0.2) is 5.26 Å². The first-order chi connectivity index (χ1) is 10.9. The molecule has 0 atom stereocenters. The summed E-state index contributed by atoms with van der Waals surface area (Å²) in [5.74, 6) is 0.517. The standard InChI is InChI=1S/C18H15O3P/c19-21-20-17-13-7-8-14-18(17)22(15-9-3-1-4-10-15)16-11-5-2-6-12-16/h1-14,19H. The number of para-hydroxylation sites is 1. The van der Waals surface area contributed by atoms with Crippen molar-refractivity contribution < 1.29 is 15.2 Å². The van der Waals surface area contributed by atoms with Crippen LogP contribution in [-0.4, -0.2) is 5.26 Å². The molecular weight excluding hydrogens is 295 g/mol. The maximum absolute atomic E-state index is 8.65. The summed E-state index contributed by atoms with van der Waals surface area (Å²) in [7, 11) is -0.794. The molecule has 110 valence electrons. The molecule has 0 aliphatic heterocycles. The lowest BCUT2D eigenvalue weighted by Gasteiger charge is -2.20. The van der Waals surface area contributed by atoms with Gasteiger partial charge in [0.2, 0.25) is 0 Å². The Morgan fingerprint density at radius 3 is 1.68 bits per heavy atom. The Balaban J connectivity index is 2.15. The Hall–Kier alpha value is -2.19. The van der Waals surface area contributed by atoms with Crippen molar-refractivity contribution in [3.05, 3.63) is 84.9 Å². The minimum Gasteiger partial charge on any atom is -0.308 e. The van der Waals surface area contributed by atoms with Gasteiger partial charge in [0.05, 0.1) is 0 Å².